The van der Waals surface area contributed by atoms with E-state index in [-0.39, 0.29) is 18.2 Å². The van der Waals surface area contributed by atoms with Gasteiger partial charge in [0, 0.05) is 5.92 Å². The first kappa shape index (κ1) is 21.9. The number of hydrogen-bond donors (Lipinski definition) is 3. The first-order valence-corrected chi connectivity index (χ1v) is 10.3. The topological polar surface area (TPSA) is 131 Å². The Morgan fingerprint density at radius 2 is 1.58 bits per heavy atom. The van der Waals surface area contributed by atoms with Gasteiger partial charge in [-0.25, -0.2) is 14.8 Å². The van der Waals surface area contributed by atoms with Crippen LogP contribution in [0.4, 0.5) is 10.5 Å². The molecule has 1 heterocycles. The van der Waals surface area contributed by atoms with Gasteiger partial charge in [0.15, 0.2) is 0 Å². The second kappa shape index (κ2) is 9.47. The SMILES string of the molecule is Cc1ncc(NC(=O)C(CC(=O)O)NC(=O)OCC2c3ccccc3-c3ccccc32)cn1. The Morgan fingerprint density at radius 1 is 1.00 bits per heavy atom. The average Bonchev–Trinajstić information content (AvgIpc) is 3.12. The molecule has 0 spiro atoms. The van der Waals surface area contributed by atoms with Crippen molar-refractivity contribution in [2.75, 3.05) is 11.9 Å². The Bertz CT molecular complexity index is 1150. The summed E-state index contributed by atoms with van der Waals surface area (Å²) in [5.74, 6) is -1.58. The molecule has 168 valence electrons. The normalized spacial score (nSPS) is 12.9. The lowest BCUT2D eigenvalue weighted by molar-refractivity contribution is -0.139. The number of aliphatic carboxylic acids is 1. The third-order valence-corrected chi connectivity index (χ3v) is 5.38. The largest absolute Gasteiger partial charge is 0.481 e. The van der Waals surface area contributed by atoms with Gasteiger partial charge < -0.3 is 20.5 Å². The minimum absolute atomic E-state index is 0.0487. The van der Waals surface area contributed by atoms with Gasteiger partial charge >= 0.3 is 12.1 Å². The summed E-state index contributed by atoms with van der Waals surface area (Å²) in [6, 6.07) is 14.5. The summed E-state index contributed by atoms with van der Waals surface area (Å²) in [5, 5.41) is 14.0. The fourth-order valence-corrected chi connectivity index (χ4v) is 3.85. The Balaban J connectivity index is 1.42. The highest BCUT2D eigenvalue weighted by Gasteiger charge is 2.30. The summed E-state index contributed by atoms with van der Waals surface area (Å²) in [7, 11) is 0. The molecule has 1 aliphatic carbocycles. The van der Waals surface area contributed by atoms with Gasteiger partial charge in [0.1, 0.15) is 18.5 Å². The molecule has 9 nitrogen and oxygen atoms in total. The van der Waals surface area contributed by atoms with Crippen molar-refractivity contribution in [2.45, 2.75) is 25.3 Å². The number of fused-ring (bicyclic) bond motifs is 3. The zero-order valence-electron chi connectivity index (χ0n) is 17.8. The Morgan fingerprint density at radius 3 is 2.15 bits per heavy atom. The van der Waals surface area contributed by atoms with Crippen LogP contribution in [0.25, 0.3) is 11.1 Å². The smallest absolute Gasteiger partial charge is 0.407 e. The molecule has 1 aromatic heterocycles. The predicted octanol–water partition coefficient (Wildman–Crippen LogP) is 3.11. The number of hydrogen-bond acceptors (Lipinski definition) is 6. The van der Waals surface area contributed by atoms with Crippen molar-refractivity contribution in [1.29, 1.82) is 0 Å². The number of rotatable bonds is 7. The highest BCUT2D eigenvalue weighted by molar-refractivity contribution is 5.98. The van der Waals surface area contributed by atoms with E-state index in [1.807, 2.05) is 48.5 Å². The molecule has 0 radical (unpaired) electrons. The average molecular weight is 446 g/mol. The second-order valence-corrected chi connectivity index (χ2v) is 7.63. The summed E-state index contributed by atoms with van der Waals surface area (Å²) in [5.41, 5.74) is 4.56. The number of anilines is 1. The van der Waals surface area contributed by atoms with Crippen LogP contribution in [0.3, 0.4) is 0 Å². The number of carboxylic acids is 1. The molecule has 0 bridgehead atoms. The molecule has 33 heavy (non-hydrogen) atoms. The van der Waals surface area contributed by atoms with Crippen LogP contribution < -0.4 is 10.6 Å². The molecular weight excluding hydrogens is 424 g/mol. The number of carbonyl (C=O) groups excluding carboxylic acids is 2. The lowest BCUT2D eigenvalue weighted by Crippen LogP contribution is -2.45. The fraction of sp³-hybridized carbons (Fsp3) is 0.208. The number of nitrogens with one attached hydrogen (secondary N) is 2. The van der Waals surface area contributed by atoms with Crippen LogP contribution >= 0.6 is 0 Å². The maximum atomic E-state index is 12.6. The molecule has 0 saturated carbocycles. The highest BCUT2D eigenvalue weighted by atomic mass is 16.5. The van der Waals surface area contributed by atoms with Crippen LogP contribution in [-0.4, -0.2) is 45.7 Å². The van der Waals surface area contributed by atoms with Crippen molar-refractivity contribution in [3.8, 4) is 11.1 Å². The van der Waals surface area contributed by atoms with Crippen LogP contribution in [0.1, 0.15) is 29.3 Å². The van der Waals surface area contributed by atoms with Gasteiger partial charge in [0.05, 0.1) is 24.5 Å². The van der Waals surface area contributed by atoms with E-state index in [0.717, 1.165) is 22.3 Å². The maximum absolute atomic E-state index is 12.6. The Kier molecular flexibility index (Phi) is 6.30. The van der Waals surface area contributed by atoms with E-state index in [2.05, 4.69) is 20.6 Å². The van der Waals surface area contributed by atoms with E-state index < -0.39 is 30.4 Å². The van der Waals surface area contributed by atoms with E-state index in [9.17, 15) is 19.5 Å². The molecule has 2 amide bonds. The van der Waals surface area contributed by atoms with E-state index in [1.54, 1.807) is 6.92 Å². The quantitative estimate of drug-likeness (QED) is 0.508. The summed E-state index contributed by atoms with van der Waals surface area (Å²) in [4.78, 5) is 44.2. The van der Waals surface area contributed by atoms with Crippen molar-refractivity contribution in [2.24, 2.45) is 0 Å². The van der Waals surface area contributed by atoms with Gasteiger partial charge in [-0.1, -0.05) is 48.5 Å². The summed E-state index contributed by atoms with van der Waals surface area (Å²) in [6.45, 7) is 1.74. The zero-order valence-corrected chi connectivity index (χ0v) is 17.8. The molecule has 4 rings (SSSR count). The van der Waals surface area contributed by atoms with Crippen LogP contribution in [0.15, 0.2) is 60.9 Å². The number of ether oxygens (including phenoxy) is 1. The fourth-order valence-electron chi connectivity index (χ4n) is 3.85. The van der Waals surface area contributed by atoms with Crippen molar-refractivity contribution < 1.29 is 24.2 Å². The van der Waals surface area contributed by atoms with Gasteiger partial charge in [-0.15, -0.1) is 0 Å². The van der Waals surface area contributed by atoms with Crippen molar-refractivity contribution in [3.05, 3.63) is 77.9 Å². The van der Waals surface area contributed by atoms with Crippen molar-refractivity contribution in [3.63, 3.8) is 0 Å². The first-order valence-electron chi connectivity index (χ1n) is 10.3. The predicted molar refractivity (Wildman–Crippen MR) is 120 cm³/mol. The zero-order chi connectivity index (χ0) is 23.4. The summed E-state index contributed by atoms with van der Waals surface area (Å²) >= 11 is 0. The Labute approximate surface area is 189 Å². The molecule has 9 heteroatoms. The number of aromatic nitrogens is 2. The molecule has 3 N–H and O–H groups in total. The minimum atomic E-state index is -1.33. The molecule has 1 atom stereocenters. The van der Waals surface area contributed by atoms with E-state index in [1.165, 1.54) is 12.4 Å². The molecular formula is C24H22N4O5. The number of alkyl carbamates (subject to hydrolysis) is 1. The molecule has 1 unspecified atom stereocenters. The number of carbonyl (C=O) groups is 3. The lowest BCUT2D eigenvalue weighted by Gasteiger charge is -2.18. The summed E-state index contributed by atoms with van der Waals surface area (Å²) < 4.78 is 5.42. The molecule has 2 aromatic carbocycles. The van der Waals surface area contributed by atoms with Gasteiger partial charge in [-0.3, -0.25) is 9.59 Å². The molecule has 3 aromatic rings. The highest BCUT2D eigenvalue weighted by Crippen LogP contribution is 2.44. The van der Waals surface area contributed by atoms with Gasteiger partial charge in [-0.05, 0) is 29.2 Å². The van der Waals surface area contributed by atoms with Gasteiger partial charge in [0.2, 0.25) is 5.91 Å². The van der Waals surface area contributed by atoms with Crippen LogP contribution in [0.2, 0.25) is 0 Å². The van der Waals surface area contributed by atoms with Gasteiger partial charge in [-0.2, -0.15) is 0 Å². The molecule has 0 saturated heterocycles. The van der Waals surface area contributed by atoms with E-state index in [0.29, 0.717) is 5.82 Å². The van der Waals surface area contributed by atoms with E-state index in [4.69, 9.17) is 4.74 Å². The van der Waals surface area contributed by atoms with Gasteiger partial charge in [0.25, 0.3) is 0 Å². The number of amides is 2. The van der Waals surface area contributed by atoms with Crippen LogP contribution in [0.5, 0.6) is 0 Å². The standard InChI is InChI=1S/C24H22N4O5/c1-14-25-11-15(12-26-14)27-23(31)21(10-22(29)30)28-24(32)33-13-20-18-8-4-2-6-16(18)17-7-3-5-9-19(17)20/h2-9,11-12,20-21H,10,13H2,1H3,(H,27,31)(H,28,32)(H,29,30). The Hall–Kier alpha value is -4.27. The third-order valence-electron chi connectivity index (χ3n) is 5.38. The maximum Gasteiger partial charge on any atom is 0.407 e. The summed E-state index contributed by atoms with van der Waals surface area (Å²) in [6.07, 6.45) is 1.30. The lowest BCUT2D eigenvalue weighted by atomic mass is 9.98. The van der Waals surface area contributed by atoms with Crippen molar-refractivity contribution in [1.82, 2.24) is 15.3 Å². The van der Waals surface area contributed by atoms with Crippen LogP contribution in [0, 0.1) is 6.92 Å². The second-order valence-electron chi connectivity index (χ2n) is 7.63. The van der Waals surface area contributed by atoms with Crippen LogP contribution in [-0.2, 0) is 14.3 Å². The molecule has 0 fully saturated rings. The van der Waals surface area contributed by atoms with E-state index >= 15 is 0 Å². The number of benzene rings is 2. The number of aryl methyl sites for hydroxylation is 1. The minimum Gasteiger partial charge on any atom is -0.481 e. The van der Waals surface area contributed by atoms with Crippen molar-refractivity contribution >= 4 is 23.7 Å². The monoisotopic (exact) mass is 446 g/mol. The molecule has 0 aliphatic heterocycles. The molecule has 1 aliphatic rings. The first-order chi connectivity index (χ1) is 15.9. The third kappa shape index (κ3) is 4.98. The number of carboxylic acid groups (broad SMARTS) is 1. The number of nitrogens with zero attached hydrogens (tertiary/aromatic N) is 2.